The summed E-state index contributed by atoms with van der Waals surface area (Å²) < 4.78 is 1.81. The average Bonchev–Trinajstić information content (AvgIpc) is 2.30. The molecule has 0 aliphatic rings. The van der Waals surface area contributed by atoms with Gasteiger partial charge in [0.05, 0.1) is 6.20 Å². The molecule has 0 aromatic carbocycles. The third-order valence-corrected chi connectivity index (χ3v) is 1.84. The van der Waals surface area contributed by atoms with Gasteiger partial charge < -0.3 is 0 Å². The van der Waals surface area contributed by atoms with E-state index in [-0.39, 0.29) is 5.41 Å². The van der Waals surface area contributed by atoms with Crippen LogP contribution in [0.2, 0.25) is 0 Å². The van der Waals surface area contributed by atoms with Crippen molar-refractivity contribution in [2.24, 2.45) is 0 Å². The van der Waals surface area contributed by atoms with Gasteiger partial charge in [0, 0.05) is 11.9 Å². The van der Waals surface area contributed by atoms with Crippen molar-refractivity contribution in [3.63, 3.8) is 0 Å². The van der Waals surface area contributed by atoms with Crippen molar-refractivity contribution in [3.05, 3.63) is 24.5 Å². The van der Waals surface area contributed by atoms with Gasteiger partial charge in [0.2, 0.25) is 0 Å². The first kappa shape index (κ1) is 9.04. The quantitative estimate of drug-likeness (QED) is 0.624. The monoisotopic (exact) mass is 164 g/mol. The summed E-state index contributed by atoms with van der Waals surface area (Å²) in [5.41, 5.74) is 2.37. The van der Waals surface area contributed by atoms with Gasteiger partial charge in [-0.1, -0.05) is 27.4 Å². The Balaban J connectivity index is 3.00. The highest BCUT2D eigenvalue weighted by Gasteiger charge is 2.15. The summed E-state index contributed by atoms with van der Waals surface area (Å²) in [6.07, 6.45) is 3.93. The number of allylic oxidation sites excluding steroid dienone is 1. The molecular weight excluding hydrogens is 148 g/mol. The van der Waals surface area contributed by atoms with Gasteiger partial charge in [0.1, 0.15) is 0 Å². The van der Waals surface area contributed by atoms with E-state index in [2.05, 4.69) is 32.4 Å². The zero-order chi connectivity index (χ0) is 9.35. The third-order valence-electron chi connectivity index (χ3n) is 1.84. The average molecular weight is 164 g/mol. The molecule has 0 atom stereocenters. The molecule has 0 bridgehead atoms. The second kappa shape index (κ2) is 2.77. The molecule has 1 heterocycles. The summed E-state index contributed by atoms with van der Waals surface area (Å²) in [5.74, 6) is 0. The second-order valence-corrected chi connectivity index (χ2v) is 4.16. The molecule has 0 N–H and O–H groups in total. The van der Waals surface area contributed by atoms with Gasteiger partial charge in [-0.2, -0.15) is 5.10 Å². The van der Waals surface area contributed by atoms with Crippen LogP contribution in [0.3, 0.4) is 0 Å². The van der Waals surface area contributed by atoms with E-state index in [9.17, 15) is 0 Å². The van der Waals surface area contributed by atoms with Crippen LogP contribution in [0.4, 0.5) is 0 Å². The van der Waals surface area contributed by atoms with E-state index < -0.39 is 0 Å². The van der Waals surface area contributed by atoms with E-state index in [4.69, 9.17) is 0 Å². The fourth-order valence-corrected chi connectivity index (χ4v) is 0.919. The van der Waals surface area contributed by atoms with Gasteiger partial charge in [-0.15, -0.1) is 0 Å². The highest BCUT2D eigenvalue weighted by Crippen LogP contribution is 2.21. The first-order valence-electron chi connectivity index (χ1n) is 4.12. The number of rotatable bonds is 1. The van der Waals surface area contributed by atoms with Gasteiger partial charge >= 0.3 is 0 Å². The first-order chi connectivity index (χ1) is 5.41. The number of hydrogen-bond donors (Lipinski definition) is 0. The number of aromatic nitrogens is 2. The third kappa shape index (κ3) is 1.76. The normalized spacial score (nSPS) is 11.7. The largest absolute Gasteiger partial charge is 0.246 e. The lowest BCUT2D eigenvalue weighted by Crippen LogP contribution is -2.09. The van der Waals surface area contributed by atoms with E-state index in [1.807, 2.05) is 19.3 Å². The summed E-state index contributed by atoms with van der Waals surface area (Å²) in [6, 6.07) is 0. The lowest BCUT2D eigenvalue weighted by molar-refractivity contribution is 0.590. The van der Waals surface area contributed by atoms with Crippen LogP contribution in [0.15, 0.2) is 19.0 Å². The Morgan fingerprint density at radius 2 is 2.08 bits per heavy atom. The molecule has 2 nitrogen and oxygen atoms in total. The van der Waals surface area contributed by atoms with Crippen LogP contribution < -0.4 is 0 Å². The summed E-state index contributed by atoms with van der Waals surface area (Å²) in [7, 11) is 0. The molecule has 0 unspecified atom stereocenters. The molecule has 0 aliphatic heterocycles. The van der Waals surface area contributed by atoms with Gasteiger partial charge in [-0.25, -0.2) is 4.68 Å². The fourth-order valence-electron chi connectivity index (χ4n) is 0.919. The zero-order valence-corrected chi connectivity index (χ0v) is 8.26. The molecule has 0 fully saturated rings. The maximum absolute atomic E-state index is 4.20. The summed E-state index contributed by atoms with van der Waals surface area (Å²) >= 11 is 0. The van der Waals surface area contributed by atoms with Crippen LogP contribution in [-0.4, -0.2) is 9.78 Å². The van der Waals surface area contributed by atoms with Crippen molar-refractivity contribution in [1.29, 1.82) is 0 Å². The highest BCUT2D eigenvalue weighted by atomic mass is 15.3. The predicted octanol–water partition coefficient (Wildman–Crippen LogP) is 2.67. The van der Waals surface area contributed by atoms with Crippen LogP contribution in [-0.2, 0) is 5.41 Å². The standard InChI is InChI=1S/C10H16N2/c1-8(2)12-7-9(6-11-12)10(3,4)5/h6-7H,1H2,2-5H3. The Kier molecular flexibility index (Phi) is 2.09. The molecule has 1 aromatic rings. The van der Waals surface area contributed by atoms with Crippen LogP contribution >= 0.6 is 0 Å². The van der Waals surface area contributed by atoms with E-state index in [1.165, 1.54) is 5.56 Å². The smallest absolute Gasteiger partial charge is 0.0531 e. The summed E-state index contributed by atoms with van der Waals surface area (Å²) in [6.45, 7) is 12.3. The Labute approximate surface area is 73.9 Å². The fraction of sp³-hybridized carbons (Fsp3) is 0.500. The molecule has 2 heteroatoms. The first-order valence-corrected chi connectivity index (χ1v) is 4.12. The minimum absolute atomic E-state index is 0.174. The molecule has 66 valence electrons. The summed E-state index contributed by atoms with van der Waals surface area (Å²) in [4.78, 5) is 0. The molecule has 0 saturated carbocycles. The highest BCUT2D eigenvalue weighted by molar-refractivity contribution is 5.37. The van der Waals surface area contributed by atoms with Crippen molar-refractivity contribution in [3.8, 4) is 0 Å². The maximum Gasteiger partial charge on any atom is 0.0531 e. The van der Waals surface area contributed by atoms with Crippen LogP contribution in [0.1, 0.15) is 33.3 Å². The Bertz CT molecular complexity index is 289. The molecule has 0 aliphatic carbocycles. The van der Waals surface area contributed by atoms with Gasteiger partial charge in [0.25, 0.3) is 0 Å². The minimum atomic E-state index is 0.174. The zero-order valence-electron chi connectivity index (χ0n) is 8.26. The van der Waals surface area contributed by atoms with E-state index >= 15 is 0 Å². The van der Waals surface area contributed by atoms with Crippen LogP contribution in [0.5, 0.6) is 0 Å². The van der Waals surface area contributed by atoms with Gasteiger partial charge in [-0.05, 0) is 17.9 Å². The molecular formula is C10H16N2. The Hall–Kier alpha value is -1.05. The maximum atomic E-state index is 4.20. The molecule has 12 heavy (non-hydrogen) atoms. The van der Waals surface area contributed by atoms with Crippen LogP contribution in [0.25, 0.3) is 5.70 Å². The minimum Gasteiger partial charge on any atom is -0.246 e. The number of hydrogen-bond acceptors (Lipinski definition) is 1. The lowest BCUT2D eigenvalue weighted by atomic mass is 9.90. The van der Waals surface area contributed by atoms with Crippen LogP contribution in [0, 0.1) is 0 Å². The SMILES string of the molecule is C=C(C)n1cc(C(C)(C)C)cn1. The molecule has 1 aromatic heterocycles. The Morgan fingerprint density at radius 3 is 2.33 bits per heavy atom. The Morgan fingerprint density at radius 1 is 1.50 bits per heavy atom. The topological polar surface area (TPSA) is 17.8 Å². The van der Waals surface area contributed by atoms with Gasteiger partial charge in [0.15, 0.2) is 0 Å². The predicted molar refractivity (Wildman–Crippen MR) is 51.9 cm³/mol. The molecule has 0 saturated heterocycles. The lowest BCUT2D eigenvalue weighted by Gasteiger charge is -2.14. The summed E-state index contributed by atoms with van der Waals surface area (Å²) in [5, 5.41) is 4.20. The number of nitrogens with zero attached hydrogens (tertiary/aromatic N) is 2. The van der Waals surface area contributed by atoms with Gasteiger partial charge in [-0.3, -0.25) is 0 Å². The van der Waals surface area contributed by atoms with E-state index in [1.54, 1.807) is 4.68 Å². The van der Waals surface area contributed by atoms with Crippen molar-refractivity contribution in [1.82, 2.24) is 9.78 Å². The van der Waals surface area contributed by atoms with Crippen molar-refractivity contribution < 1.29 is 0 Å². The van der Waals surface area contributed by atoms with Crippen molar-refractivity contribution >= 4 is 5.70 Å². The molecule has 0 spiro atoms. The van der Waals surface area contributed by atoms with E-state index in [0.29, 0.717) is 0 Å². The van der Waals surface area contributed by atoms with Crippen molar-refractivity contribution in [2.45, 2.75) is 33.1 Å². The molecule has 0 amide bonds. The van der Waals surface area contributed by atoms with E-state index in [0.717, 1.165) is 5.70 Å². The second-order valence-electron chi connectivity index (χ2n) is 4.16. The van der Waals surface area contributed by atoms with Crippen molar-refractivity contribution in [2.75, 3.05) is 0 Å². The molecule has 0 radical (unpaired) electrons. The molecule has 1 rings (SSSR count).